The van der Waals surface area contributed by atoms with Gasteiger partial charge in [-0.25, -0.2) is 0 Å². The molecule has 0 bridgehead atoms. The van der Waals surface area contributed by atoms with E-state index in [2.05, 4.69) is 28.0 Å². The molecule has 1 rings (SSSR count). The molecule has 1 aromatic heterocycles. The topological polar surface area (TPSA) is 84.7 Å². The average molecular weight is 172 g/mol. The molecule has 1 unspecified atom stereocenters. The van der Waals surface area contributed by atoms with E-state index >= 15 is 0 Å². The van der Waals surface area contributed by atoms with Crippen molar-refractivity contribution in [2.45, 2.75) is 12.5 Å². The van der Waals surface area contributed by atoms with Gasteiger partial charge < -0.3 is 5.73 Å². The molecule has 0 aliphatic rings. The van der Waals surface area contributed by atoms with Crippen LogP contribution >= 0.6 is 12.6 Å². The summed E-state index contributed by atoms with van der Waals surface area (Å²) in [5.74, 6) is 0. The Hall–Kier alpha value is -0.880. The van der Waals surface area contributed by atoms with Crippen molar-refractivity contribution < 1.29 is 4.79 Å². The monoisotopic (exact) mass is 172 g/mol. The number of carbonyl (C=O) groups excluding carboxylic acids is 1. The Bertz CT molecular complexity index is 235. The minimum Gasteiger partial charge on any atom is -0.320 e. The molecule has 1 aromatic rings. The van der Waals surface area contributed by atoms with Crippen LogP contribution in [0.4, 0.5) is 0 Å². The van der Waals surface area contributed by atoms with E-state index in [1.54, 1.807) is 0 Å². The zero-order valence-electron chi connectivity index (χ0n) is 5.69. The van der Waals surface area contributed by atoms with Crippen LogP contribution in [-0.4, -0.2) is 26.6 Å². The van der Waals surface area contributed by atoms with Gasteiger partial charge in [-0.05, 0) is 0 Å². The number of aromatic amines is 1. The molecule has 0 spiro atoms. The maximum Gasteiger partial charge on any atom is 0.203 e. The van der Waals surface area contributed by atoms with E-state index in [-0.39, 0.29) is 5.12 Å². The summed E-state index contributed by atoms with van der Waals surface area (Å²) in [6.45, 7) is 0. The Labute approximate surface area is 68.8 Å². The molecule has 0 aromatic carbocycles. The Kier molecular flexibility index (Phi) is 2.61. The predicted octanol–water partition coefficient (Wildman–Crippen LogP) is -0.869. The third-order valence-corrected chi connectivity index (χ3v) is 1.54. The first-order chi connectivity index (χ1) is 5.20. The summed E-state index contributed by atoms with van der Waals surface area (Å²) in [4.78, 5) is 10.6. The van der Waals surface area contributed by atoms with Crippen molar-refractivity contribution in [3.05, 3.63) is 11.9 Å². The van der Waals surface area contributed by atoms with Gasteiger partial charge in [0, 0.05) is 6.42 Å². The van der Waals surface area contributed by atoms with Crippen molar-refractivity contribution in [2.24, 2.45) is 5.73 Å². The van der Waals surface area contributed by atoms with Crippen molar-refractivity contribution in [3.8, 4) is 0 Å². The highest BCUT2D eigenvalue weighted by Crippen LogP contribution is 1.97. The third-order valence-electron chi connectivity index (χ3n) is 1.21. The van der Waals surface area contributed by atoms with Gasteiger partial charge in [-0.1, -0.05) is 0 Å². The number of nitrogens with one attached hydrogen (secondary N) is 1. The fourth-order valence-electron chi connectivity index (χ4n) is 0.636. The third kappa shape index (κ3) is 2.32. The molecule has 0 amide bonds. The largest absolute Gasteiger partial charge is 0.320 e. The number of rotatable bonds is 3. The highest BCUT2D eigenvalue weighted by molar-refractivity contribution is 7.96. The van der Waals surface area contributed by atoms with Crippen molar-refractivity contribution in [2.75, 3.05) is 0 Å². The van der Waals surface area contributed by atoms with Crippen LogP contribution in [0.3, 0.4) is 0 Å². The second-order valence-corrected chi connectivity index (χ2v) is 2.55. The number of hydrogen-bond donors (Lipinski definition) is 3. The lowest BCUT2D eigenvalue weighted by Crippen LogP contribution is -2.29. The van der Waals surface area contributed by atoms with Crippen molar-refractivity contribution >= 4 is 17.7 Å². The van der Waals surface area contributed by atoms with Gasteiger partial charge in [0.25, 0.3) is 0 Å². The Balaban J connectivity index is 2.50. The van der Waals surface area contributed by atoms with Crippen LogP contribution < -0.4 is 5.73 Å². The lowest BCUT2D eigenvalue weighted by atomic mass is 10.2. The number of hydrogen-bond acceptors (Lipinski definition) is 4. The molecule has 0 fully saturated rings. The second-order valence-electron chi connectivity index (χ2n) is 2.11. The summed E-state index contributed by atoms with van der Waals surface area (Å²) >= 11 is 3.58. The highest BCUT2D eigenvalue weighted by Gasteiger charge is 2.10. The Morgan fingerprint density at radius 2 is 2.64 bits per heavy atom. The molecule has 3 N–H and O–H groups in total. The van der Waals surface area contributed by atoms with E-state index in [4.69, 9.17) is 5.73 Å². The normalized spacial score (nSPS) is 12.9. The Morgan fingerprint density at radius 3 is 3.09 bits per heavy atom. The van der Waals surface area contributed by atoms with Crippen LogP contribution in [-0.2, 0) is 11.2 Å². The quantitative estimate of drug-likeness (QED) is 0.517. The van der Waals surface area contributed by atoms with Gasteiger partial charge in [0.1, 0.15) is 0 Å². The first kappa shape index (κ1) is 8.22. The van der Waals surface area contributed by atoms with Gasteiger partial charge in [-0.3, -0.25) is 4.79 Å². The predicted molar refractivity (Wildman–Crippen MR) is 42.1 cm³/mol. The average Bonchev–Trinajstić information content (AvgIpc) is 2.39. The molecule has 60 valence electrons. The van der Waals surface area contributed by atoms with Gasteiger partial charge in [0.2, 0.25) is 5.12 Å². The first-order valence-electron chi connectivity index (χ1n) is 3.03. The molecule has 1 atom stereocenters. The summed E-state index contributed by atoms with van der Waals surface area (Å²) in [5, 5.41) is 9.39. The maximum absolute atomic E-state index is 10.6. The van der Waals surface area contributed by atoms with Crippen molar-refractivity contribution in [1.29, 1.82) is 0 Å². The van der Waals surface area contributed by atoms with Crippen LogP contribution in [0.5, 0.6) is 0 Å². The fourth-order valence-corrected chi connectivity index (χ4v) is 0.728. The van der Waals surface area contributed by atoms with Crippen LogP contribution in [0.1, 0.15) is 5.69 Å². The molecule has 0 aliphatic carbocycles. The summed E-state index contributed by atoms with van der Waals surface area (Å²) < 4.78 is 0. The van der Waals surface area contributed by atoms with E-state index in [1.165, 1.54) is 6.20 Å². The maximum atomic E-state index is 10.6. The number of aromatic nitrogens is 3. The number of nitrogens with zero attached hydrogens (tertiary/aromatic N) is 2. The summed E-state index contributed by atoms with van der Waals surface area (Å²) in [7, 11) is 0. The standard InChI is InChI=1S/C5H8N4OS/c6-4(5(10)11)1-3-2-7-9-8-3/h2,4H,1,6H2,(H,10,11)(H,7,8,9). The lowest BCUT2D eigenvalue weighted by Gasteiger charge is -2.01. The molecular formula is C5H8N4OS. The smallest absolute Gasteiger partial charge is 0.203 e. The van der Waals surface area contributed by atoms with Crippen LogP contribution in [0, 0.1) is 0 Å². The Morgan fingerprint density at radius 1 is 1.91 bits per heavy atom. The molecule has 0 aliphatic heterocycles. The minimum absolute atomic E-state index is 0.340. The van der Waals surface area contributed by atoms with E-state index < -0.39 is 6.04 Å². The van der Waals surface area contributed by atoms with Crippen molar-refractivity contribution in [1.82, 2.24) is 15.4 Å². The van der Waals surface area contributed by atoms with E-state index in [1.807, 2.05) is 0 Å². The zero-order valence-corrected chi connectivity index (χ0v) is 6.58. The second kappa shape index (κ2) is 3.49. The van der Waals surface area contributed by atoms with E-state index in [9.17, 15) is 4.79 Å². The summed E-state index contributed by atoms with van der Waals surface area (Å²) in [5.41, 5.74) is 6.07. The molecule has 0 saturated carbocycles. The minimum atomic E-state index is -0.594. The highest BCUT2D eigenvalue weighted by atomic mass is 32.1. The van der Waals surface area contributed by atoms with Crippen molar-refractivity contribution in [3.63, 3.8) is 0 Å². The van der Waals surface area contributed by atoms with Gasteiger partial charge in [-0.2, -0.15) is 15.4 Å². The molecule has 5 nitrogen and oxygen atoms in total. The molecular weight excluding hydrogens is 164 g/mol. The van der Waals surface area contributed by atoms with Crippen LogP contribution in [0.25, 0.3) is 0 Å². The lowest BCUT2D eigenvalue weighted by molar-refractivity contribution is -0.111. The summed E-state index contributed by atoms with van der Waals surface area (Å²) in [6.07, 6.45) is 1.90. The number of thiol groups is 1. The van der Waals surface area contributed by atoms with E-state index in [0.717, 1.165) is 0 Å². The molecule has 11 heavy (non-hydrogen) atoms. The molecule has 0 saturated heterocycles. The fraction of sp³-hybridized carbons (Fsp3) is 0.400. The van der Waals surface area contributed by atoms with E-state index in [0.29, 0.717) is 12.1 Å². The number of carbonyl (C=O) groups is 1. The first-order valence-corrected chi connectivity index (χ1v) is 3.48. The zero-order chi connectivity index (χ0) is 8.27. The van der Waals surface area contributed by atoms with Gasteiger partial charge in [0.15, 0.2) is 0 Å². The van der Waals surface area contributed by atoms with Gasteiger partial charge in [-0.15, -0.1) is 12.6 Å². The molecule has 1 heterocycles. The number of H-pyrrole nitrogens is 1. The van der Waals surface area contributed by atoms with Crippen LogP contribution in [0.2, 0.25) is 0 Å². The number of nitrogens with two attached hydrogens (primary N) is 1. The van der Waals surface area contributed by atoms with Crippen LogP contribution in [0.15, 0.2) is 6.20 Å². The molecule has 6 heteroatoms. The van der Waals surface area contributed by atoms with Gasteiger partial charge >= 0.3 is 0 Å². The summed E-state index contributed by atoms with van der Waals surface area (Å²) in [6, 6.07) is -0.594. The van der Waals surface area contributed by atoms with Gasteiger partial charge in [0.05, 0.1) is 17.9 Å². The SMILES string of the molecule is NC(Cc1cn[nH]n1)C(=O)S. The molecule has 0 radical (unpaired) electrons.